The maximum absolute atomic E-state index is 13.2. The fourth-order valence-electron chi connectivity index (χ4n) is 3.41. The standard InChI is InChI=1S/C20H21ClF2N2O5S2/c21-18-13-17(5-6-19(18)23)32(29,30)24-10-7-20(26)25-11-8-16(9-12-25)31(27,28)15-3-1-14(22)2-4-15/h1-6,13,16,24H,7-12H2. The molecule has 7 nitrogen and oxygen atoms in total. The minimum Gasteiger partial charge on any atom is -0.343 e. The first kappa shape index (κ1) is 24.6. The number of nitrogens with zero attached hydrogens (tertiary/aromatic N) is 1. The third-order valence-corrected chi connectivity index (χ3v) is 9.23. The smallest absolute Gasteiger partial charge is 0.240 e. The van der Waals surface area contributed by atoms with E-state index in [0.717, 1.165) is 30.3 Å². The number of nitrogens with one attached hydrogen (secondary N) is 1. The molecular weight excluding hydrogens is 486 g/mol. The number of benzene rings is 2. The Kier molecular flexibility index (Phi) is 7.53. The lowest BCUT2D eigenvalue weighted by molar-refractivity contribution is -0.131. The van der Waals surface area contributed by atoms with Crippen LogP contribution < -0.4 is 4.72 Å². The van der Waals surface area contributed by atoms with Crippen LogP contribution in [0.1, 0.15) is 19.3 Å². The van der Waals surface area contributed by atoms with Gasteiger partial charge in [-0.2, -0.15) is 0 Å². The third-order valence-electron chi connectivity index (χ3n) is 5.21. The van der Waals surface area contributed by atoms with E-state index in [1.54, 1.807) is 0 Å². The predicted octanol–water partition coefficient (Wildman–Crippen LogP) is 2.75. The van der Waals surface area contributed by atoms with Crippen LogP contribution in [0.4, 0.5) is 8.78 Å². The number of halogens is 3. The number of amides is 1. The van der Waals surface area contributed by atoms with E-state index >= 15 is 0 Å². The number of rotatable bonds is 7. The summed E-state index contributed by atoms with van der Waals surface area (Å²) in [5.74, 6) is -1.59. The molecule has 174 valence electrons. The van der Waals surface area contributed by atoms with Crippen LogP contribution in [0.5, 0.6) is 0 Å². The molecule has 0 aliphatic carbocycles. The van der Waals surface area contributed by atoms with Crippen molar-refractivity contribution in [2.75, 3.05) is 19.6 Å². The van der Waals surface area contributed by atoms with Crippen LogP contribution in [-0.4, -0.2) is 52.5 Å². The van der Waals surface area contributed by atoms with Gasteiger partial charge < -0.3 is 4.90 Å². The van der Waals surface area contributed by atoms with E-state index in [2.05, 4.69) is 4.72 Å². The largest absolute Gasteiger partial charge is 0.343 e. The number of carbonyl (C=O) groups excluding carboxylic acids is 1. The fourth-order valence-corrected chi connectivity index (χ4v) is 6.44. The Hall–Kier alpha value is -2.08. The molecule has 1 saturated heterocycles. The average molecular weight is 507 g/mol. The van der Waals surface area contributed by atoms with E-state index in [1.165, 1.54) is 17.0 Å². The van der Waals surface area contributed by atoms with E-state index in [4.69, 9.17) is 11.6 Å². The van der Waals surface area contributed by atoms with Crippen molar-refractivity contribution in [1.82, 2.24) is 9.62 Å². The molecule has 32 heavy (non-hydrogen) atoms. The number of carbonyl (C=O) groups is 1. The second-order valence-electron chi connectivity index (χ2n) is 7.30. The number of piperidine rings is 1. The number of hydrogen-bond acceptors (Lipinski definition) is 5. The molecule has 0 radical (unpaired) electrons. The lowest BCUT2D eigenvalue weighted by Crippen LogP contribution is -2.43. The number of hydrogen-bond donors (Lipinski definition) is 1. The van der Waals surface area contributed by atoms with Crippen molar-refractivity contribution in [3.05, 3.63) is 59.1 Å². The van der Waals surface area contributed by atoms with Gasteiger partial charge in [0.05, 0.1) is 20.1 Å². The van der Waals surface area contributed by atoms with Crippen LogP contribution in [0.15, 0.2) is 52.3 Å². The molecule has 1 aliphatic rings. The highest BCUT2D eigenvalue weighted by atomic mass is 35.5. The van der Waals surface area contributed by atoms with E-state index in [1.807, 2.05) is 0 Å². The summed E-state index contributed by atoms with van der Waals surface area (Å²) in [6, 6.07) is 7.61. The van der Waals surface area contributed by atoms with Gasteiger partial charge in [0.15, 0.2) is 9.84 Å². The Morgan fingerprint density at radius 1 is 1.00 bits per heavy atom. The second kappa shape index (κ2) is 9.82. The van der Waals surface area contributed by atoms with Gasteiger partial charge in [-0.05, 0) is 55.3 Å². The first-order valence-electron chi connectivity index (χ1n) is 9.72. The first-order valence-corrected chi connectivity index (χ1v) is 13.1. The van der Waals surface area contributed by atoms with Crippen molar-refractivity contribution in [2.45, 2.75) is 34.3 Å². The van der Waals surface area contributed by atoms with Crippen LogP contribution in [-0.2, 0) is 24.7 Å². The Morgan fingerprint density at radius 2 is 1.59 bits per heavy atom. The fraction of sp³-hybridized carbons (Fsp3) is 0.350. The summed E-state index contributed by atoms with van der Waals surface area (Å²) in [6.45, 7) is 0.248. The number of likely N-dealkylation sites (tertiary alicyclic amines) is 1. The van der Waals surface area contributed by atoms with E-state index in [9.17, 15) is 30.4 Å². The maximum atomic E-state index is 13.2. The molecular formula is C20H21ClF2N2O5S2. The first-order chi connectivity index (χ1) is 15.0. The minimum atomic E-state index is -3.97. The van der Waals surface area contributed by atoms with E-state index in [0.29, 0.717) is 0 Å². The summed E-state index contributed by atoms with van der Waals surface area (Å²) >= 11 is 5.61. The SMILES string of the molecule is O=C(CCNS(=O)(=O)c1ccc(F)c(Cl)c1)N1CCC(S(=O)(=O)c2ccc(F)cc2)CC1. The number of sulfonamides is 1. The molecule has 1 heterocycles. The van der Waals surface area contributed by atoms with Gasteiger partial charge in [0.1, 0.15) is 11.6 Å². The van der Waals surface area contributed by atoms with Crippen LogP contribution in [0, 0.1) is 11.6 Å². The van der Waals surface area contributed by atoms with Gasteiger partial charge in [-0.1, -0.05) is 11.6 Å². The van der Waals surface area contributed by atoms with Crippen LogP contribution in [0.3, 0.4) is 0 Å². The summed E-state index contributed by atoms with van der Waals surface area (Å²) in [7, 11) is -7.60. The molecule has 3 rings (SSSR count). The molecule has 1 N–H and O–H groups in total. The van der Waals surface area contributed by atoms with E-state index < -0.39 is 36.7 Å². The van der Waals surface area contributed by atoms with Gasteiger partial charge >= 0.3 is 0 Å². The van der Waals surface area contributed by atoms with Crippen molar-refractivity contribution in [3.63, 3.8) is 0 Å². The third kappa shape index (κ3) is 5.64. The van der Waals surface area contributed by atoms with E-state index in [-0.39, 0.29) is 59.6 Å². The van der Waals surface area contributed by atoms with Gasteiger partial charge in [0.2, 0.25) is 15.9 Å². The minimum absolute atomic E-state index is 0.0407. The topological polar surface area (TPSA) is 101 Å². The Balaban J connectivity index is 1.51. The monoisotopic (exact) mass is 506 g/mol. The van der Waals surface area contributed by atoms with Gasteiger partial charge in [-0.3, -0.25) is 4.79 Å². The normalized spacial score (nSPS) is 15.7. The zero-order chi connectivity index (χ0) is 23.5. The van der Waals surface area contributed by atoms with Crippen LogP contribution in [0.2, 0.25) is 5.02 Å². The van der Waals surface area contributed by atoms with Crippen molar-refractivity contribution in [2.24, 2.45) is 0 Å². The molecule has 0 aromatic heterocycles. The highest BCUT2D eigenvalue weighted by Gasteiger charge is 2.32. The Bertz CT molecular complexity index is 1200. The van der Waals surface area contributed by atoms with Gasteiger partial charge in [-0.25, -0.2) is 30.3 Å². The average Bonchev–Trinajstić information content (AvgIpc) is 2.75. The zero-order valence-corrected chi connectivity index (χ0v) is 19.2. The molecule has 0 unspecified atom stereocenters. The summed E-state index contributed by atoms with van der Waals surface area (Å²) < 4.78 is 78.5. The van der Waals surface area contributed by atoms with Crippen molar-refractivity contribution >= 4 is 37.4 Å². The molecule has 2 aromatic rings. The summed E-state index contributed by atoms with van der Waals surface area (Å²) in [5, 5.41) is -1.01. The molecule has 1 aliphatic heterocycles. The second-order valence-corrected chi connectivity index (χ2v) is 11.7. The molecule has 0 atom stereocenters. The zero-order valence-electron chi connectivity index (χ0n) is 16.8. The maximum Gasteiger partial charge on any atom is 0.240 e. The lowest BCUT2D eigenvalue weighted by atomic mass is 10.1. The molecule has 0 saturated carbocycles. The number of sulfone groups is 1. The summed E-state index contributed by atoms with van der Waals surface area (Å²) in [4.78, 5) is 13.7. The van der Waals surface area contributed by atoms with Crippen LogP contribution >= 0.6 is 11.6 Å². The Morgan fingerprint density at radius 3 is 2.19 bits per heavy atom. The van der Waals surface area contributed by atoms with Crippen molar-refractivity contribution in [1.29, 1.82) is 0 Å². The molecule has 12 heteroatoms. The van der Waals surface area contributed by atoms with Crippen molar-refractivity contribution < 1.29 is 30.4 Å². The quantitative estimate of drug-likeness (QED) is 0.582. The lowest BCUT2D eigenvalue weighted by Gasteiger charge is -2.31. The van der Waals surface area contributed by atoms with Gasteiger partial charge in [-0.15, -0.1) is 0 Å². The van der Waals surface area contributed by atoms with Crippen LogP contribution in [0.25, 0.3) is 0 Å². The van der Waals surface area contributed by atoms with Gasteiger partial charge in [0.25, 0.3) is 0 Å². The Labute approximate surface area is 190 Å². The summed E-state index contributed by atoms with van der Waals surface area (Å²) in [5.41, 5.74) is 0. The highest BCUT2D eigenvalue weighted by molar-refractivity contribution is 7.92. The van der Waals surface area contributed by atoms with Crippen molar-refractivity contribution in [3.8, 4) is 0 Å². The summed E-state index contributed by atoms with van der Waals surface area (Å²) in [6.07, 6.45) is 0.333. The molecule has 2 aromatic carbocycles. The van der Waals surface area contributed by atoms with Gasteiger partial charge in [0, 0.05) is 26.1 Å². The predicted molar refractivity (Wildman–Crippen MR) is 114 cm³/mol. The molecule has 0 bridgehead atoms. The highest BCUT2D eigenvalue weighted by Crippen LogP contribution is 2.25. The molecule has 1 amide bonds. The molecule has 0 spiro atoms. The molecule has 1 fully saturated rings.